The molecule has 0 unspecified atom stereocenters. The number of sulfonamides is 1. The minimum absolute atomic E-state index is 0.00182. The molecule has 3 rings (SSSR count). The zero-order chi connectivity index (χ0) is 23.7. The molecule has 0 saturated carbocycles. The topological polar surface area (TPSA) is 99.4 Å². The molecule has 12 heteroatoms. The number of carbonyl (C=O) groups is 1. The third-order valence-electron chi connectivity index (χ3n) is 4.21. The molecule has 0 aliphatic heterocycles. The first kappa shape index (κ1) is 23.4. The first-order chi connectivity index (χ1) is 14.9. The van der Waals surface area contributed by atoms with Gasteiger partial charge in [-0.15, -0.1) is 13.2 Å². The molecule has 0 aliphatic carbocycles. The third-order valence-corrected chi connectivity index (χ3v) is 5.82. The van der Waals surface area contributed by atoms with Crippen LogP contribution in [0.15, 0.2) is 65.7 Å². The number of alkyl halides is 3. The molecule has 1 N–H and O–H groups in total. The predicted molar refractivity (Wildman–Crippen MR) is 109 cm³/mol. The highest BCUT2D eigenvalue weighted by atomic mass is 35.5. The number of ether oxygens (including phenoxy) is 1. The molecule has 0 atom stereocenters. The maximum atomic E-state index is 12.9. The number of aryl methyl sites for hydroxylation is 1. The number of nitrogens with one attached hydrogen (secondary N) is 1. The molecule has 0 fully saturated rings. The Hall–Kier alpha value is -3.31. The summed E-state index contributed by atoms with van der Waals surface area (Å²) < 4.78 is 68.7. The molecule has 1 heterocycles. The van der Waals surface area contributed by atoms with Gasteiger partial charge in [-0.2, -0.15) is 4.73 Å². The molecule has 2 aromatic carbocycles. The van der Waals surface area contributed by atoms with Crippen molar-refractivity contribution in [1.29, 1.82) is 0 Å². The lowest BCUT2D eigenvalue weighted by molar-refractivity contribution is -0.612. The summed E-state index contributed by atoms with van der Waals surface area (Å²) in [4.78, 5) is 12.5. The van der Waals surface area contributed by atoms with Crippen LogP contribution in [0.1, 0.15) is 21.6 Å². The summed E-state index contributed by atoms with van der Waals surface area (Å²) in [7, 11) is -4.29. The van der Waals surface area contributed by atoms with Gasteiger partial charge < -0.3 is 9.94 Å². The number of rotatable bonds is 6. The fourth-order valence-electron chi connectivity index (χ4n) is 2.66. The summed E-state index contributed by atoms with van der Waals surface area (Å²) in [5.74, 6) is -1.26. The van der Waals surface area contributed by atoms with Crippen LogP contribution in [0.3, 0.4) is 0 Å². The second-order valence-corrected chi connectivity index (χ2v) is 8.65. The van der Waals surface area contributed by atoms with Gasteiger partial charge in [-0.05, 0) is 48.5 Å². The second-order valence-electron chi connectivity index (χ2n) is 6.53. The Morgan fingerprint density at radius 1 is 1.09 bits per heavy atom. The van der Waals surface area contributed by atoms with Gasteiger partial charge in [0.05, 0.1) is 16.1 Å². The normalized spacial score (nSPS) is 11.8. The average Bonchev–Trinajstić information content (AvgIpc) is 2.70. The van der Waals surface area contributed by atoms with Crippen molar-refractivity contribution in [3.05, 3.63) is 87.8 Å². The van der Waals surface area contributed by atoms with Crippen molar-refractivity contribution in [2.24, 2.45) is 0 Å². The van der Waals surface area contributed by atoms with Crippen LogP contribution in [0.2, 0.25) is 5.02 Å². The highest BCUT2D eigenvalue weighted by molar-refractivity contribution is 7.92. The second kappa shape index (κ2) is 8.67. The Kier molecular flexibility index (Phi) is 6.33. The number of halogens is 4. The third kappa shape index (κ3) is 5.48. The predicted octanol–water partition coefficient (Wildman–Crippen LogP) is 4.21. The fourth-order valence-corrected chi connectivity index (χ4v) is 3.91. The Labute approximate surface area is 185 Å². The molecule has 168 valence electrons. The molecule has 3 aromatic rings. The van der Waals surface area contributed by atoms with Crippen molar-refractivity contribution in [3.63, 3.8) is 0 Å². The van der Waals surface area contributed by atoms with Crippen LogP contribution in [0, 0.1) is 12.1 Å². The smallest absolute Gasteiger partial charge is 0.573 e. The molecule has 0 saturated heterocycles. The number of aromatic nitrogens is 1. The summed E-state index contributed by atoms with van der Waals surface area (Å²) in [5, 5.41) is 11.9. The molecule has 32 heavy (non-hydrogen) atoms. The van der Waals surface area contributed by atoms with Gasteiger partial charge in [-0.1, -0.05) is 11.6 Å². The zero-order valence-corrected chi connectivity index (χ0v) is 17.8. The van der Waals surface area contributed by atoms with Gasteiger partial charge in [-0.3, -0.25) is 9.52 Å². The number of nitrogens with zero attached hydrogens (tertiary/aromatic N) is 1. The number of hydrogen-bond donors (Lipinski definition) is 1. The van der Waals surface area contributed by atoms with E-state index in [4.69, 9.17) is 11.6 Å². The minimum Gasteiger partial charge on any atom is -0.618 e. The lowest BCUT2D eigenvalue weighted by Gasteiger charge is -2.13. The van der Waals surface area contributed by atoms with Gasteiger partial charge in [0.2, 0.25) is 5.78 Å². The number of hydrogen-bond acceptors (Lipinski definition) is 5. The van der Waals surface area contributed by atoms with Crippen molar-refractivity contribution in [1.82, 2.24) is 0 Å². The number of ketones is 1. The van der Waals surface area contributed by atoms with Crippen molar-refractivity contribution in [2.75, 3.05) is 4.72 Å². The van der Waals surface area contributed by atoms with E-state index in [0.717, 1.165) is 30.5 Å². The molecule has 0 spiro atoms. The van der Waals surface area contributed by atoms with E-state index >= 15 is 0 Å². The van der Waals surface area contributed by atoms with Gasteiger partial charge in [-0.25, -0.2) is 8.42 Å². The first-order valence-electron chi connectivity index (χ1n) is 8.78. The average molecular weight is 487 g/mol. The molecule has 0 bridgehead atoms. The van der Waals surface area contributed by atoms with E-state index in [1.54, 1.807) is 6.92 Å². The molecule has 0 radical (unpaired) electrons. The van der Waals surface area contributed by atoms with Gasteiger partial charge in [0.15, 0.2) is 11.9 Å². The van der Waals surface area contributed by atoms with E-state index in [1.807, 2.05) is 0 Å². The number of pyridine rings is 1. The van der Waals surface area contributed by atoms with Gasteiger partial charge >= 0.3 is 6.36 Å². The lowest BCUT2D eigenvalue weighted by atomic mass is 10.0. The lowest BCUT2D eigenvalue weighted by Crippen LogP contribution is -2.30. The highest BCUT2D eigenvalue weighted by Crippen LogP contribution is 2.28. The van der Waals surface area contributed by atoms with E-state index in [-0.39, 0.29) is 26.7 Å². The number of carbonyl (C=O) groups excluding carboxylic acids is 1. The molecule has 1 aromatic heterocycles. The van der Waals surface area contributed by atoms with Crippen molar-refractivity contribution < 1.29 is 35.9 Å². The Morgan fingerprint density at radius 2 is 1.75 bits per heavy atom. The van der Waals surface area contributed by atoms with Crippen molar-refractivity contribution in [3.8, 4) is 5.75 Å². The summed E-state index contributed by atoms with van der Waals surface area (Å²) in [5.41, 5.74) is 0.100. The summed E-state index contributed by atoms with van der Waals surface area (Å²) in [6.45, 7) is 1.55. The maximum Gasteiger partial charge on any atom is 0.573 e. The van der Waals surface area contributed by atoms with Crippen LogP contribution in [-0.4, -0.2) is 20.6 Å². The fraction of sp³-hybridized carbons (Fsp3) is 0.100. The molecular weight excluding hydrogens is 473 g/mol. The number of anilines is 1. The Bertz CT molecular complexity index is 1280. The Balaban J connectivity index is 1.93. The first-order valence-corrected chi connectivity index (χ1v) is 10.6. The molecule has 7 nitrogen and oxygen atoms in total. The van der Waals surface area contributed by atoms with Crippen LogP contribution in [0.25, 0.3) is 0 Å². The zero-order valence-electron chi connectivity index (χ0n) is 16.2. The van der Waals surface area contributed by atoms with E-state index in [9.17, 15) is 31.6 Å². The standard InChI is InChI=1S/C20H14ClF3N2O5S/c1-12-2-3-13(11-26(12)28)19(27)17-10-14(21)4-9-18(17)25-32(29,30)16-7-5-15(6-8-16)31-20(22,23)24/h2-11,25H,1H3. The van der Waals surface area contributed by atoms with Crippen LogP contribution in [0.4, 0.5) is 18.9 Å². The quantitative estimate of drug-likeness (QED) is 0.319. The number of benzene rings is 2. The molecule has 0 amide bonds. The highest BCUT2D eigenvalue weighted by Gasteiger charge is 2.31. The Morgan fingerprint density at radius 3 is 2.34 bits per heavy atom. The van der Waals surface area contributed by atoms with Crippen LogP contribution in [0.5, 0.6) is 5.75 Å². The minimum atomic E-state index is -4.92. The van der Waals surface area contributed by atoms with Crippen molar-refractivity contribution in [2.45, 2.75) is 18.2 Å². The van der Waals surface area contributed by atoms with E-state index in [2.05, 4.69) is 9.46 Å². The molecular formula is C20H14ClF3N2O5S. The molecule has 0 aliphatic rings. The van der Waals surface area contributed by atoms with Gasteiger partial charge in [0.25, 0.3) is 10.0 Å². The largest absolute Gasteiger partial charge is 0.618 e. The van der Waals surface area contributed by atoms with Gasteiger partial charge in [0.1, 0.15) is 5.75 Å². The summed E-state index contributed by atoms with van der Waals surface area (Å²) in [6, 6.07) is 10.2. The van der Waals surface area contributed by atoms with E-state index in [1.165, 1.54) is 30.3 Å². The monoisotopic (exact) mass is 486 g/mol. The van der Waals surface area contributed by atoms with Crippen LogP contribution in [-0.2, 0) is 10.0 Å². The van der Waals surface area contributed by atoms with Crippen molar-refractivity contribution >= 4 is 33.1 Å². The van der Waals surface area contributed by atoms with E-state index in [0.29, 0.717) is 10.4 Å². The maximum absolute atomic E-state index is 12.9. The van der Waals surface area contributed by atoms with Crippen LogP contribution >= 0.6 is 11.6 Å². The van der Waals surface area contributed by atoms with Crippen LogP contribution < -0.4 is 14.2 Å². The SMILES string of the molecule is Cc1ccc(C(=O)c2cc(Cl)ccc2NS(=O)(=O)c2ccc(OC(F)(F)F)cc2)c[n+]1[O-]. The summed E-state index contributed by atoms with van der Waals surface area (Å²) >= 11 is 5.96. The summed E-state index contributed by atoms with van der Waals surface area (Å²) in [6.07, 6.45) is -3.87. The van der Waals surface area contributed by atoms with Gasteiger partial charge in [0, 0.05) is 23.6 Å². The van der Waals surface area contributed by atoms with E-state index < -0.39 is 27.9 Å².